The van der Waals surface area contributed by atoms with Crippen LogP contribution in [0.3, 0.4) is 0 Å². The van der Waals surface area contributed by atoms with Gasteiger partial charge in [0.25, 0.3) is 0 Å². The van der Waals surface area contributed by atoms with Crippen LogP contribution in [0.4, 0.5) is 0 Å². The average Bonchev–Trinajstić information content (AvgIpc) is 2.29. The van der Waals surface area contributed by atoms with Crippen molar-refractivity contribution in [1.29, 1.82) is 0 Å². The fourth-order valence-electron chi connectivity index (χ4n) is 3.21. The number of likely N-dealkylation sites (tertiary alicyclic amines) is 1. The van der Waals surface area contributed by atoms with Crippen LogP contribution in [-0.4, -0.2) is 36.6 Å². The number of hydrogen-bond donors (Lipinski definition) is 1. The number of hydrogen-bond acceptors (Lipinski definition) is 2. The average molecular weight is 256 g/mol. The summed E-state index contributed by atoms with van der Waals surface area (Å²) in [5.41, 5.74) is 4.70. The molecule has 2 saturated heterocycles. The van der Waals surface area contributed by atoms with Crippen molar-refractivity contribution in [3.8, 4) is 0 Å². The minimum atomic E-state index is 0.517. The molecule has 0 bridgehead atoms. The number of aryl methyl sites for hydroxylation is 1. The highest BCUT2D eigenvalue weighted by Crippen LogP contribution is 2.29. The van der Waals surface area contributed by atoms with Crippen LogP contribution in [0.5, 0.6) is 0 Å². The molecule has 0 saturated carbocycles. The van der Waals surface area contributed by atoms with Crippen LogP contribution in [0, 0.1) is 6.92 Å². The summed E-state index contributed by atoms with van der Waals surface area (Å²) in [5, 5.41) is 3.57. The summed E-state index contributed by atoms with van der Waals surface area (Å²) >= 11 is 0. The number of rotatable bonds is 4. The molecule has 0 radical (unpaired) electrons. The van der Waals surface area contributed by atoms with Gasteiger partial charge in [0.05, 0.1) is 0 Å². The summed E-state index contributed by atoms with van der Waals surface area (Å²) in [5.74, 6) is 0. The maximum atomic E-state index is 3.57. The lowest BCUT2D eigenvalue weighted by atomic mass is 9.80. The summed E-state index contributed by atoms with van der Waals surface area (Å²) in [7, 11) is 0. The Hall–Kier alpha value is -1.12. The molecule has 2 fully saturated rings. The predicted octanol–water partition coefficient (Wildman–Crippen LogP) is 2.62. The number of nitrogens with one attached hydrogen (secondary N) is 1. The van der Waals surface area contributed by atoms with Crippen molar-refractivity contribution in [1.82, 2.24) is 10.2 Å². The third kappa shape index (κ3) is 2.60. The van der Waals surface area contributed by atoms with Crippen molar-refractivity contribution in [2.75, 3.05) is 26.2 Å². The van der Waals surface area contributed by atoms with Crippen LogP contribution in [-0.2, 0) is 6.42 Å². The van der Waals surface area contributed by atoms with Crippen molar-refractivity contribution in [2.45, 2.75) is 32.2 Å². The Labute approximate surface area is 116 Å². The fraction of sp³-hybridized carbons (Fsp3) is 0.529. The van der Waals surface area contributed by atoms with Crippen LogP contribution in [0.1, 0.15) is 30.0 Å². The first kappa shape index (κ1) is 12.9. The van der Waals surface area contributed by atoms with E-state index in [1.54, 1.807) is 0 Å². The van der Waals surface area contributed by atoms with E-state index in [9.17, 15) is 0 Å². The molecule has 2 heterocycles. The van der Waals surface area contributed by atoms with Gasteiger partial charge >= 0.3 is 0 Å². The van der Waals surface area contributed by atoms with E-state index in [1.165, 1.54) is 55.7 Å². The highest BCUT2D eigenvalue weighted by Gasteiger charge is 2.46. The monoisotopic (exact) mass is 256 g/mol. The molecule has 2 nitrogen and oxygen atoms in total. The minimum absolute atomic E-state index is 0.517. The van der Waals surface area contributed by atoms with Crippen LogP contribution < -0.4 is 5.32 Å². The lowest BCUT2D eigenvalue weighted by Gasteiger charge is -2.56. The van der Waals surface area contributed by atoms with E-state index in [1.807, 2.05) is 0 Å². The largest absolute Gasteiger partial charge is 0.309 e. The standard InChI is InChI=1S/C17H24N2/c1-3-4-16-11-15(6-5-14(16)2)7-10-19-12-17(13-19)8-9-18-17/h3-6,11,18H,7-10,12-13H2,1-2H3/b4-3-. The Kier molecular flexibility index (Phi) is 3.46. The molecule has 0 amide bonds. The first-order valence-corrected chi connectivity index (χ1v) is 7.40. The van der Waals surface area contributed by atoms with Crippen molar-refractivity contribution < 1.29 is 0 Å². The molecule has 0 aromatic heterocycles. The molecule has 1 aromatic rings. The van der Waals surface area contributed by atoms with Crippen molar-refractivity contribution in [3.63, 3.8) is 0 Å². The Balaban J connectivity index is 1.54. The van der Waals surface area contributed by atoms with Gasteiger partial charge in [-0.15, -0.1) is 0 Å². The van der Waals surface area contributed by atoms with Crippen LogP contribution in [0.25, 0.3) is 6.08 Å². The second kappa shape index (κ2) is 5.10. The van der Waals surface area contributed by atoms with E-state index < -0.39 is 0 Å². The molecule has 0 unspecified atom stereocenters. The van der Waals surface area contributed by atoms with Crippen LogP contribution in [0.15, 0.2) is 24.3 Å². The smallest absolute Gasteiger partial charge is 0.0449 e. The lowest BCUT2D eigenvalue weighted by molar-refractivity contribution is -0.00432. The molecule has 2 heteroatoms. The minimum Gasteiger partial charge on any atom is -0.309 e. The summed E-state index contributed by atoms with van der Waals surface area (Å²) in [6, 6.07) is 6.86. The SMILES string of the molecule is C/C=C\c1cc(CCN2CC3(CCN3)C2)ccc1C. The molecule has 3 rings (SSSR count). The van der Waals surface area contributed by atoms with Crippen molar-refractivity contribution in [3.05, 3.63) is 41.0 Å². The molecule has 19 heavy (non-hydrogen) atoms. The normalized spacial score (nSPS) is 21.6. The Morgan fingerprint density at radius 1 is 1.37 bits per heavy atom. The summed E-state index contributed by atoms with van der Waals surface area (Å²) in [6.45, 7) is 9.18. The first-order valence-electron chi connectivity index (χ1n) is 7.40. The third-order valence-electron chi connectivity index (χ3n) is 4.56. The van der Waals surface area contributed by atoms with Gasteiger partial charge in [-0.3, -0.25) is 4.90 Å². The molecule has 1 aromatic carbocycles. The number of allylic oxidation sites excluding steroid dienone is 1. The highest BCUT2D eigenvalue weighted by atomic mass is 15.3. The van der Waals surface area contributed by atoms with Gasteiger partial charge < -0.3 is 5.32 Å². The number of benzene rings is 1. The Morgan fingerprint density at radius 2 is 2.16 bits per heavy atom. The quantitative estimate of drug-likeness (QED) is 0.891. The van der Waals surface area contributed by atoms with Crippen molar-refractivity contribution in [2.24, 2.45) is 0 Å². The summed E-state index contributed by atoms with van der Waals surface area (Å²) in [4.78, 5) is 2.57. The Morgan fingerprint density at radius 3 is 2.79 bits per heavy atom. The van der Waals surface area contributed by atoms with E-state index in [0.717, 1.165) is 0 Å². The van der Waals surface area contributed by atoms with E-state index in [4.69, 9.17) is 0 Å². The Bertz CT molecular complexity index is 478. The van der Waals surface area contributed by atoms with E-state index in [0.29, 0.717) is 5.54 Å². The number of nitrogens with zero attached hydrogens (tertiary/aromatic N) is 1. The van der Waals surface area contributed by atoms with Crippen molar-refractivity contribution >= 4 is 6.08 Å². The molecule has 0 aliphatic carbocycles. The molecular formula is C17H24N2. The van der Waals surface area contributed by atoms with Gasteiger partial charge in [0.15, 0.2) is 0 Å². The van der Waals surface area contributed by atoms with Gasteiger partial charge in [0, 0.05) is 25.2 Å². The van der Waals surface area contributed by atoms with E-state index in [2.05, 4.69) is 54.4 Å². The van der Waals surface area contributed by atoms with Crippen LogP contribution in [0.2, 0.25) is 0 Å². The highest BCUT2D eigenvalue weighted by molar-refractivity contribution is 5.54. The summed E-state index contributed by atoms with van der Waals surface area (Å²) < 4.78 is 0. The van der Waals surface area contributed by atoms with Gasteiger partial charge in [-0.1, -0.05) is 30.4 Å². The zero-order valence-corrected chi connectivity index (χ0v) is 12.1. The maximum absolute atomic E-state index is 3.57. The zero-order valence-electron chi connectivity index (χ0n) is 12.1. The summed E-state index contributed by atoms with van der Waals surface area (Å²) in [6.07, 6.45) is 6.86. The second-order valence-corrected chi connectivity index (χ2v) is 6.11. The molecule has 1 spiro atoms. The van der Waals surface area contributed by atoms with Gasteiger partial charge in [-0.2, -0.15) is 0 Å². The zero-order chi connectivity index (χ0) is 13.3. The topological polar surface area (TPSA) is 15.3 Å². The van der Waals surface area contributed by atoms with Gasteiger partial charge in [0.2, 0.25) is 0 Å². The maximum Gasteiger partial charge on any atom is 0.0449 e. The molecule has 1 N–H and O–H groups in total. The van der Waals surface area contributed by atoms with Gasteiger partial charge in [-0.05, 0) is 49.9 Å². The predicted molar refractivity (Wildman–Crippen MR) is 81.4 cm³/mol. The van der Waals surface area contributed by atoms with E-state index >= 15 is 0 Å². The molecule has 2 aliphatic heterocycles. The fourth-order valence-corrected chi connectivity index (χ4v) is 3.21. The van der Waals surface area contributed by atoms with Gasteiger partial charge in [-0.25, -0.2) is 0 Å². The molecule has 102 valence electrons. The lowest BCUT2D eigenvalue weighted by Crippen LogP contribution is -2.75. The first-order chi connectivity index (χ1) is 9.21. The molecular weight excluding hydrogens is 232 g/mol. The van der Waals surface area contributed by atoms with Crippen LogP contribution >= 0.6 is 0 Å². The molecule has 0 atom stereocenters. The van der Waals surface area contributed by atoms with E-state index in [-0.39, 0.29) is 0 Å². The third-order valence-corrected chi connectivity index (χ3v) is 4.56. The molecule has 2 aliphatic rings. The van der Waals surface area contributed by atoms with Gasteiger partial charge in [0.1, 0.15) is 0 Å². The second-order valence-electron chi connectivity index (χ2n) is 6.11.